The molecule has 1 aromatic rings. The Kier molecular flexibility index (Phi) is 11.3. The van der Waals surface area contributed by atoms with Crippen LogP contribution in [-0.2, 0) is 35.2 Å². The van der Waals surface area contributed by atoms with Gasteiger partial charge in [-0.25, -0.2) is 4.79 Å². The lowest BCUT2D eigenvalue weighted by atomic mass is 10.00. The van der Waals surface area contributed by atoms with Crippen molar-refractivity contribution in [3.8, 4) is 5.75 Å². The van der Waals surface area contributed by atoms with Crippen LogP contribution in [-0.4, -0.2) is 80.2 Å². The van der Waals surface area contributed by atoms with E-state index in [1.165, 1.54) is 24.3 Å². The summed E-state index contributed by atoms with van der Waals surface area (Å²) < 4.78 is 0. The van der Waals surface area contributed by atoms with Crippen LogP contribution in [0.4, 0.5) is 0 Å². The average molecular weight is 511 g/mol. The predicted octanol–water partition coefficient (Wildman–Crippen LogP) is -1.59. The van der Waals surface area contributed by atoms with Crippen LogP contribution < -0.4 is 21.7 Å². The molecule has 0 aliphatic rings. The molecule has 0 spiro atoms. The summed E-state index contributed by atoms with van der Waals surface area (Å²) in [6, 6.07) is -0.180. The minimum Gasteiger partial charge on any atom is -0.508 e. The van der Waals surface area contributed by atoms with Gasteiger partial charge in [0.1, 0.15) is 23.9 Å². The molecule has 4 atom stereocenters. The van der Waals surface area contributed by atoms with Crippen molar-refractivity contribution in [1.82, 2.24) is 16.0 Å². The Morgan fingerprint density at radius 2 is 1.31 bits per heavy atom. The molecule has 0 saturated carbocycles. The highest BCUT2D eigenvalue weighted by atomic mass is 16.4. The Balaban J connectivity index is 3.12. The number of amides is 3. The molecular weight excluding hydrogens is 480 g/mol. The molecule has 14 heteroatoms. The molecule has 1 rings (SSSR count). The van der Waals surface area contributed by atoms with Crippen LogP contribution in [0.15, 0.2) is 24.3 Å². The Labute approximate surface area is 205 Å². The third-order valence-electron chi connectivity index (χ3n) is 4.98. The summed E-state index contributed by atoms with van der Waals surface area (Å²) in [5.41, 5.74) is 6.07. The fourth-order valence-corrected chi connectivity index (χ4v) is 3.06. The number of carboxylic acid groups (broad SMARTS) is 3. The molecule has 0 radical (unpaired) electrons. The molecule has 0 saturated heterocycles. The number of aromatic hydroxyl groups is 1. The van der Waals surface area contributed by atoms with Gasteiger partial charge < -0.3 is 42.1 Å². The van der Waals surface area contributed by atoms with Gasteiger partial charge in [0, 0.05) is 6.42 Å². The van der Waals surface area contributed by atoms with Gasteiger partial charge in [0.15, 0.2) is 0 Å². The van der Waals surface area contributed by atoms with Gasteiger partial charge in [-0.2, -0.15) is 0 Å². The quantitative estimate of drug-likeness (QED) is 0.142. The van der Waals surface area contributed by atoms with Crippen molar-refractivity contribution >= 4 is 35.6 Å². The van der Waals surface area contributed by atoms with E-state index in [1.54, 1.807) is 13.8 Å². The molecule has 0 heterocycles. The zero-order valence-corrected chi connectivity index (χ0v) is 19.6. The molecule has 0 aromatic heterocycles. The Morgan fingerprint density at radius 1 is 0.778 bits per heavy atom. The molecule has 1 aromatic carbocycles. The summed E-state index contributed by atoms with van der Waals surface area (Å²) in [5.74, 6) is -7.74. The number of hydrogen-bond donors (Lipinski definition) is 8. The second kappa shape index (κ2) is 13.6. The zero-order valence-electron chi connectivity index (χ0n) is 19.6. The maximum absolute atomic E-state index is 13.1. The van der Waals surface area contributed by atoms with Crippen molar-refractivity contribution in [2.45, 2.75) is 57.3 Å². The second-order valence-electron chi connectivity index (χ2n) is 8.36. The fourth-order valence-electron chi connectivity index (χ4n) is 3.06. The molecule has 0 aliphatic carbocycles. The van der Waals surface area contributed by atoms with Crippen molar-refractivity contribution in [2.24, 2.45) is 11.7 Å². The van der Waals surface area contributed by atoms with Crippen LogP contribution in [0.1, 0.15) is 32.3 Å². The first-order valence-electron chi connectivity index (χ1n) is 10.8. The van der Waals surface area contributed by atoms with Crippen molar-refractivity contribution in [3.05, 3.63) is 29.8 Å². The van der Waals surface area contributed by atoms with E-state index in [0.717, 1.165) is 0 Å². The van der Waals surface area contributed by atoms with Crippen molar-refractivity contribution in [2.75, 3.05) is 0 Å². The van der Waals surface area contributed by atoms with E-state index >= 15 is 0 Å². The second-order valence-corrected chi connectivity index (χ2v) is 8.36. The standard InChI is InChI=1S/C22H30N4O10/c1-10(2)18(21(34)25-15(22(35)36)9-17(30)31)26-20(33)14(7-11-3-5-12(27)6-4-11)24-19(32)13(23)8-16(28)29/h3-6,10,13-15,18,27H,7-9,23H2,1-2H3,(H,24,32)(H,25,34)(H,26,33)(H,28,29)(H,30,31)(H,35,36). The van der Waals surface area contributed by atoms with E-state index in [4.69, 9.17) is 15.9 Å². The van der Waals surface area contributed by atoms with Crippen LogP contribution in [0, 0.1) is 5.92 Å². The maximum atomic E-state index is 13.1. The monoisotopic (exact) mass is 510 g/mol. The number of hydrogen-bond acceptors (Lipinski definition) is 8. The smallest absolute Gasteiger partial charge is 0.326 e. The summed E-state index contributed by atoms with van der Waals surface area (Å²) in [5, 5.41) is 43.2. The molecule has 4 unspecified atom stereocenters. The number of aliphatic carboxylic acids is 3. The minimum atomic E-state index is -1.74. The van der Waals surface area contributed by atoms with Crippen LogP contribution >= 0.6 is 0 Å². The number of carboxylic acids is 3. The number of nitrogens with one attached hydrogen (secondary N) is 3. The van der Waals surface area contributed by atoms with Gasteiger partial charge in [0.2, 0.25) is 17.7 Å². The van der Waals surface area contributed by atoms with E-state index in [0.29, 0.717) is 5.56 Å². The molecule has 198 valence electrons. The van der Waals surface area contributed by atoms with Gasteiger partial charge in [0.05, 0.1) is 18.9 Å². The Hall–Kier alpha value is -4.20. The fraction of sp³-hybridized carbons (Fsp3) is 0.455. The van der Waals surface area contributed by atoms with E-state index in [1.807, 2.05) is 0 Å². The molecule has 9 N–H and O–H groups in total. The molecule has 3 amide bonds. The number of carbonyl (C=O) groups excluding carboxylic acids is 3. The SMILES string of the molecule is CC(C)C(NC(=O)C(Cc1ccc(O)cc1)NC(=O)C(N)CC(=O)O)C(=O)NC(CC(=O)O)C(=O)O. The van der Waals surface area contributed by atoms with Gasteiger partial charge in [-0.3, -0.25) is 24.0 Å². The van der Waals surface area contributed by atoms with Crippen LogP contribution in [0.3, 0.4) is 0 Å². The summed E-state index contributed by atoms with van der Waals surface area (Å²) in [7, 11) is 0. The van der Waals surface area contributed by atoms with Crippen LogP contribution in [0.2, 0.25) is 0 Å². The first kappa shape index (κ1) is 29.8. The van der Waals surface area contributed by atoms with Gasteiger partial charge in [-0.1, -0.05) is 26.0 Å². The summed E-state index contributed by atoms with van der Waals surface area (Å²) in [6.07, 6.45) is -1.71. The van der Waals surface area contributed by atoms with Crippen molar-refractivity contribution in [1.29, 1.82) is 0 Å². The average Bonchev–Trinajstić information content (AvgIpc) is 2.76. The van der Waals surface area contributed by atoms with Crippen LogP contribution in [0.25, 0.3) is 0 Å². The molecule has 36 heavy (non-hydrogen) atoms. The van der Waals surface area contributed by atoms with Gasteiger partial charge in [0.25, 0.3) is 0 Å². The highest BCUT2D eigenvalue weighted by Crippen LogP contribution is 2.12. The number of phenolic OH excluding ortho intramolecular Hbond substituents is 1. The Bertz CT molecular complexity index is 980. The highest BCUT2D eigenvalue weighted by Gasteiger charge is 2.33. The first-order valence-corrected chi connectivity index (χ1v) is 10.8. The van der Waals surface area contributed by atoms with E-state index < -0.39 is 78.6 Å². The van der Waals surface area contributed by atoms with Gasteiger partial charge in [-0.05, 0) is 23.6 Å². The lowest BCUT2D eigenvalue weighted by molar-refractivity contribution is -0.147. The summed E-state index contributed by atoms with van der Waals surface area (Å²) >= 11 is 0. The molecule has 0 bridgehead atoms. The topological polar surface area (TPSA) is 245 Å². The van der Waals surface area contributed by atoms with E-state index in [2.05, 4.69) is 16.0 Å². The van der Waals surface area contributed by atoms with E-state index in [-0.39, 0.29) is 12.2 Å². The Morgan fingerprint density at radius 3 is 1.78 bits per heavy atom. The molecule has 0 fully saturated rings. The number of phenols is 1. The van der Waals surface area contributed by atoms with Crippen molar-refractivity contribution < 1.29 is 49.2 Å². The summed E-state index contributed by atoms with van der Waals surface area (Å²) in [6.45, 7) is 3.10. The normalized spacial score (nSPS) is 14.1. The zero-order chi connectivity index (χ0) is 27.6. The number of benzene rings is 1. The third-order valence-corrected chi connectivity index (χ3v) is 4.98. The number of carbonyl (C=O) groups is 6. The first-order chi connectivity index (χ1) is 16.7. The maximum Gasteiger partial charge on any atom is 0.326 e. The number of nitrogens with two attached hydrogens (primary N) is 1. The number of rotatable bonds is 14. The minimum absolute atomic E-state index is 0.0434. The lowest BCUT2D eigenvalue weighted by Gasteiger charge is -2.27. The largest absolute Gasteiger partial charge is 0.508 e. The van der Waals surface area contributed by atoms with Gasteiger partial charge in [-0.15, -0.1) is 0 Å². The summed E-state index contributed by atoms with van der Waals surface area (Å²) in [4.78, 5) is 71.3. The van der Waals surface area contributed by atoms with Crippen molar-refractivity contribution in [3.63, 3.8) is 0 Å². The molecular formula is C22H30N4O10. The van der Waals surface area contributed by atoms with Crippen LogP contribution in [0.5, 0.6) is 5.75 Å². The van der Waals surface area contributed by atoms with Gasteiger partial charge >= 0.3 is 17.9 Å². The molecule has 14 nitrogen and oxygen atoms in total. The van der Waals surface area contributed by atoms with E-state index in [9.17, 15) is 39.0 Å². The predicted molar refractivity (Wildman–Crippen MR) is 123 cm³/mol. The third kappa shape index (κ3) is 9.97. The molecule has 0 aliphatic heterocycles. The highest BCUT2D eigenvalue weighted by molar-refractivity contribution is 5.95. The lowest BCUT2D eigenvalue weighted by Crippen LogP contribution is -2.59.